The zero-order valence-corrected chi connectivity index (χ0v) is 17.7. The normalized spacial score (nSPS) is 18.6. The summed E-state index contributed by atoms with van der Waals surface area (Å²) in [7, 11) is 1.55. The van der Waals surface area contributed by atoms with E-state index in [0.29, 0.717) is 47.5 Å². The number of hydrogen-bond acceptors (Lipinski definition) is 5. The average molecular weight is 424 g/mol. The van der Waals surface area contributed by atoms with Crippen LogP contribution in [0, 0.1) is 5.82 Å². The number of fused-ring (bicyclic) bond motifs is 1. The average Bonchev–Trinajstić information content (AvgIpc) is 2.79. The molecule has 1 fully saturated rings. The fourth-order valence-electron chi connectivity index (χ4n) is 3.81. The Kier molecular flexibility index (Phi) is 5.73. The highest BCUT2D eigenvalue weighted by atomic mass is 19.1. The molecule has 2 N–H and O–H groups in total. The predicted molar refractivity (Wildman–Crippen MR) is 116 cm³/mol. The maximum absolute atomic E-state index is 15.0. The number of benzene rings is 1. The lowest BCUT2D eigenvalue weighted by Gasteiger charge is -2.45. The van der Waals surface area contributed by atoms with Gasteiger partial charge in [0.25, 0.3) is 11.5 Å². The number of nitrogens with zero attached hydrogens (tertiary/aromatic N) is 2. The van der Waals surface area contributed by atoms with E-state index >= 15 is 4.39 Å². The molecule has 0 saturated carbocycles. The van der Waals surface area contributed by atoms with Crippen LogP contribution in [-0.4, -0.2) is 46.5 Å². The van der Waals surface area contributed by atoms with Gasteiger partial charge in [-0.1, -0.05) is 19.1 Å². The second kappa shape index (κ2) is 8.47. The molecule has 0 bridgehead atoms. The molecule has 3 aromatic rings. The Morgan fingerprint density at radius 2 is 2.13 bits per heavy atom. The number of rotatable bonds is 6. The quantitative estimate of drug-likeness (QED) is 0.635. The molecule has 0 spiro atoms. The van der Waals surface area contributed by atoms with Gasteiger partial charge >= 0.3 is 0 Å². The molecule has 7 nitrogen and oxygen atoms in total. The summed E-state index contributed by atoms with van der Waals surface area (Å²) in [4.78, 5) is 32.6. The van der Waals surface area contributed by atoms with Crippen molar-refractivity contribution in [2.45, 2.75) is 39.0 Å². The number of nitrogens with one attached hydrogen (secondary N) is 2. The minimum absolute atomic E-state index is 0.0527. The molecule has 4 rings (SSSR count). The van der Waals surface area contributed by atoms with Gasteiger partial charge in [-0.15, -0.1) is 0 Å². The summed E-state index contributed by atoms with van der Waals surface area (Å²) in [6.07, 6.45) is 2.08. The summed E-state index contributed by atoms with van der Waals surface area (Å²) in [5, 5.41) is 3.22. The molecular formula is C23H25FN4O3. The Labute approximate surface area is 179 Å². The van der Waals surface area contributed by atoms with Gasteiger partial charge in [0.05, 0.1) is 11.7 Å². The third-order valence-electron chi connectivity index (χ3n) is 5.88. The number of ether oxygens (including phenoxy) is 1. The number of amides is 1. The Balaban J connectivity index is 1.42. The van der Waals surface area contributed by atoms with Crippen molar-refractivity contribution < 1.29 is 13.9 Å². The topological polar surface area (TPSA) is 87.3 Å². The molecule has 3 heterocycles. The fourth-order valence-corrected chi connectivity index (χ4v) is 3.81. The van der Waals surface area contributed by atoms with E-state index in [4.69, 9.17) is 4.74 Å². The molecular weight excluding hydrogens is 399 g/mol. The van der Waals surface area contributed by atoms with E-state index in [0.717, 1.165) is 0 Å². The maximum Gasteiger partial charge on any atom is 0.269 e. The summed E-state index contributed by atoms with van der Waals surface area (Å²) in [6.45, 7) is 4.99. The zero-order chi connectivity index (χ0) is 22.1. The van der Waals surface area contributed by atoms with Crippen LogP contribution in [0.25, 0.3) is 10.9 Å². The van der Waals surface area contributed by atoms with Crippen molar-refractivity contribution in [3.63, 3.8) is 0 Å². The molecule has 31 heavy (non-hydrogen) atoms. The summed E-state index contributed by atoms with van der Waals surface area (Å²) in [5.74, 6) is -0.0486. The van der Waals surface area contributed by atoms with Gasteiger partial charge < -0.3 is 15.0 Å². The predicted octanol–water partition coefficient (Wildman–Crippen LogP) is 2.64. The summed E-state index contributed by atoms with van der Waals surface area (Å²) < 4.78 is 21.0. The number of hydrogen-bond donors (Lipinski definition) is 2. The molecule has 0 unspecified atom stereocenters. The van der Waals surface area contributed by atoms with Crippen molar-refractivity contribution in [3.8, 4) is 5.75 Å². The van der Waals surface area contributed by atoms with Crippen LogP contribution in [-0.2, 0) is 13.0 Å². The maximum atomic E-state index is 15.0. The number of carbonyl (C=O) groups excluding carboxylic acids is 1. The number of carbonyl (C=O) groups is 1. The Morgan fingerprint density at radius 3 is 2.77 bits per heavy atom. The van der Waals surface area contributed by atoms with Crippen LogP contribution >= 0.6 is 0 Å². The molecule has 0 radical (unpaired) electrons. The Hall–Kier alpha value is -3.26. The number of aromatic amines is 1. The third-order valence-corrected chi connectivity index (χ3v) is 5.88. The van der Waals surface area contributed by atoms with E-state index < -0.39 is 0 Å². The lowest BCUT2D eigenvalue weighted by molar-refractivity contribution is -0.0419. The summed E-state index contributed by atoms with van der Waals surface area (Å²) >= 11 is 0. The first-order valence-electron chi connectivity index (χ1n) is 10.3. The molecule has 1 saturated heterocycles. The molecule has 2 aromatic heterocycles. The number of aromatic nitrogens is 2. The van der Waals surface area contributed by atoms with Gasteiger partial charge in [0.1, 0.15) is 17.5 Å². The first kappa shape index (κ1) is 21.0. The second-order valence-electron chi connectivity index (χ2n) is 7.76. The number of aryl methyl sites for hydroxylation is 1. The van der Waals surface area contributed by atoms with Crippen LogP contribution in [0.4, 0.5) is 4.39 Å². The minimum Gasteiger partial charge on any atom is -0.486 e. The number of likely N-dealkylation sites (tertiary alicyclic amines) is 1. The van der Waals surface area contributed by atoms with Crippen LogP contribution in [0.15, 0.2) is 41.3 Å². The van der Waals surface area contributed by atoms with Crippen LogP contribution in [0.1, 0.15) is 35.5 Å². The van der Waals surface area contributed by atoms with Gasteiger partial charge in [0, 0.05) is 42.7 Å². The molecule has 1 aromatic carbocycles. The van der Waals surface area contributed by atoms with Crippen molar-refractivity contribution in [3.05, 3.63) is 69.5 Å². The first-order chi connectivity index (χ1) is 14.9. The standard InChI is InChI=1S/C23H25FN4O3/c1-4-14-9-15-5-6-16(20(24)21(15)27-22(14)29)11-28-12-19(13(28)2)31-17-7-8-18(26-10-17)23(30)25-3/h5-10,13,19H,4,11-12H2,1-3H3,(H,25,30)(H,27,29)/t13-,19+/m1/s1. The lowest BCUT2D eigenvalue weighted by atomic mass is 9.99. The van der Waals surface area contributed by atoms with Gasteiger partial charge in [0.2, 0.25) is 0 Å². The summed E-state index contributed by atoms with van der Waals surface area (Å²) in [5.41, 5.74) is 1.52. The van der Waals surface area contributed by atoms with Crippen molar-refractivity contribution in [1.29, 1.82) is 0 Å². The number of halogens is 1. The molecule has 1 aliphatic rings. The molecule has 0 aliphatic carbocycles. The second-order valence-corrected chi connectivity index (χ2v) is 7.76. The smallest absolute Gasteiger partial charge is 0.269 e. The van der Waals surface area contributed by atoms with Gasteiger partial charge in [-0.25, -0.2) is 9.37 Å². The summed E-state index contributed by atoms with van der Waals surface area (Å²) in [6, 6.07) is 8.79. The molecule has 8 heteroatoms. The lowest BCUT2D eigenvalue weighted by Crippen LogP contribution is -2.60. The van der Waals surface area contributed by atoms with Crippen molar-refractivity contribution in [2.75, 3.05) is 13.6 Å². The third kappa shape index (κ3) is 4.03. The van der Waals surface area contributed by atoms with Crippen LogP contribution < -0.4 is 15.6 Å². The SMILES string of the molecule is CCc1cc2ccc(CN3C[C@H](Oc4ccc(C(=O)NC)nc4)[C@H]3C)c(F)c2[nH]c1=O. The van der Waals surface area contributed by atoms with Gasteiger partial charge in [0.15, 0.2) is 5.82 Å². The molecule has 1 amide bonds. The molecule has 2 atom stereocenters. The van der Waals surface area contributed by atoms with Crippen molar-refractivity contribution in [2.24, 2.45) is 0 Å². The van der Waals surface area contributed by atoms with Crippen LogP contribution in [0.5, 0.6) is 5.75 Å². The van der Waals surface area contributed by atoms with Gasteiger partial charge in [-0.05, 0) is 31.5 Å². The largest absolute Gasteiger partial charge is 0.486 e. The number of pyridine rings is 2. The molecule has 1 aliphatic heterocycles. The van der Waals surface area contributed by atoms with E-state index in [1.54, 1.807) is 31.3 Å². The van der Waals surface area contributed by atoms with E-state index in [-0.39, 0.29) is 34.9 Å². The highest BCUT2D eigenvalue weighted by Gasteiger charge is 2.37. The monoisotopic (exact) mass is 424 g/mol. The number of H-pyrrole nitrogens is 1. The van der Waals surface area contributed by atoms with Gasteiger partial charge in [-0.2, -0.15) is 0 Å². The fraction of sp³-hybridized carbons (Fsp3) is 0.348. The Bertz CT molecular complexity index is 1180. The van der Waals surface area contributed by atoms with Crippen molar-refractivity contribution in [1.82, 2.24) is 20.2 Å². The molecule has 162 valence electrons. The van der Waals surface area contributed by atoms with Crippen molar-refractivity contribution >= 4 is 16.8 Å². The van der Waals surface area contributed by atoms with Crippen LogP contribution in [0.3, 0.4) is 0 Å². The highest BCUT2D eigenvalue weighted by molar-refractivity contribution is 5.92. The van der Waals surface area contributed by atoms with Crippen LogP contribution in [0.2, 0.25) is 0 Å². The highest BCUT2D eigenvalue weighted by Crippen LogP contribution is 2.28. The first-order valence-corrected chi connectivity index (χ1v) is 10.3. The van der Waals surface area contributed by atoms with Gasteiger partial charge in [-0.3, -0.25) is 14.5 Å². The Morgan fingerprint density at radius 1 is 1.32 bits per heavy atom. The van der Waals surface area contributed by atoms with E-state index in [1.165, 1.54) is 6.20 Å². The van der Waals surface area contributed by atoms with E-state index in [2.05, 4.69) is 20.2 Å². The zero-order valence-electron chi connectivity index (χ0n) is 17.7. The van der Waals surface area contributed by atoms with E-state index in [9.17, 15) is 9.59 Å². The van der Waals surface area contributed by atoms with E-state index in [1.807, 2.05) is 19.9 Å². The minimum atomic E-state index is -0.386.